The summed E-state index contributed by atoms with van der Waals surface area (Å²) in [5, 5.41) is 2.38. The topological polar surface area (TPSA) is 90.7 Å². The first-order chi connectivity index (χ1) is 11.4. The van der Waals surface area contributed by atoms with Gasteiger partial charge in [0.25, 0.3) is 11.8 Å². The molecule has 0 saturated carbocycles. The average Bonchev–Trinajstić information content (AvgIpc) is 2.56. The Morgan fingerprint density at radius 3 is 2.62 bits per heavy atom. The molecular weight excluding hydrogens is 339 g/mol. The lowest BCUT2D eigenvalue weighted by molar-refractivity contribution is -0.118. The highest BCUT2D eigenvalue weighted by atomic mass is 35.5. The minimum atomic E-state index is -0.696. The molecule has 0 aromatic heterocycles. The molecule has 126 valence electrons. The quantitative estimate of drug-likeness (QED) is 0.836. The monoisotopic (exact) mass is 352 g/mol. The number of benzene rings is 2. The number of hydrogen-bond acceptors (Lipinski definition) is 4. The number of rotatable bonds is 6. The standard InChI is InChI=1S/C16H14ClFN2O4/c1-23-10-3-4-11(16(19)22)14(7-10)24-8-15(21)20-9-2-5-13(18)12(17)6-9/h2-7H,8H2,1H3,(H2,19,22)(H,20,21). The highest BCUT2D eigenvalue weighted by Gasteiger charge is 2.13. The van der Waals surface area contributed by atoms with E-state index in [-0.39, 0.29) is 22.9 Å². The highest BCUT2D eigenvalue weighted by molar-refractivity contribution is 6.31. The lowest BCUT2D eigenvalue weighted by Gasteiger charge is -2.11. The summed E-state index contributed by atoms with van der Waals surface area (Å²) in [5.41, 5.74) is 5.69. The first-order valence-electron chi connectivity index (χ1n) is 6.76. The molecule has 2 aromatic rings. The Labute approximate surface area is 142 Å². The van der Waals surface area contributed by atoms with E-state index in [9.17, 15) is 14.0 Å². The molecule has 0 radical (unpaired) electrons. The second-order valence-electron chi connectivity index (χ2n) is 4.69. The molecule has 0 fully saturated rings. The number of carbonyl (C=O) groups excluding carboxylic acids is 2. The molecule has 24 heavy (non-hydrogen) atoms. The van der Waals surface area contributed by atoms with Gasteiger partial charge in [0.1, 0.15) is 17.3 Å². The first kappa shape index (κ1) is 17.6. The predicted molar refractivity (Wildman–Crippen MR) is 87.0 cm³/mol. The number of carbonyl (C=O) groups is 2. The predicted octanol–water partition coefficient (Wildman–Crippen LogP) is 2.60. The van der Waals surface area contributed by atoms with Gasteiger partial charge in [0.05, 0.1) is 17.7 Å². The molecule has 0 unspecified atom stereocenters. The van der Waals surface area contributed by atoms with E-state index in [0.717, 1.165) is 6.07 Å². The van der Waals surface area contributed by atoms with Gasteiger partial charge in [-0.15, -0.1) is 0 Å². The molecule has 2 amide bonds. The van der Waals surface area contributed by atoms with Gasteiger partial charge in [0.15, 0.2) is 6.61 Å². The van der Waals surface area contributed by atoms with Crippen LogP contribution < -0.4 is 20.5 Å². The van der Waals surface area contributed by atoms with Crippen LogP contribution in [0, 0.1) is 5.82 Å². The third kappa shape index (κ3) is 4.36. The maximum Gasteiger partial charge on any atom is 0.262 e. The summed E-state index contributed by atoms with van der Waals surface area (Å²) in [6, 6.07) is 8.20. The number of methoxy groups -OCH3 is 1. The van der Waals surface area contributed by atoms with Crippen LogP contribution in [0.1, 0.15) is 10.4 Å². The summed E-state index contributed by atoms with van der Waals surface area (Å²) >= 11 is 5.64. The van der Waals surface area contributed by atoms with Crippen LogP contribution in [0.4, 0.5) is 10.1 Å². The summed E-state index contributed by atoms with van der Waals surface area (Å²) in [4.78, 5) is 23.3. The number of hydrogen-bond donors (Lipinski definition) is 2. The fourth-order valence-electron chi connectivity index (χ4n) is 1.87. The molecule has 0 saturated heterocycles. The van der Waals surface area contributed by atoms with Crippen molar-refractivity contribution in [2.24, 2.45) is 5.73 Å². The van der Waals surface area contributed by atoms with Crippen LogP contribution in [0.15, 0.2) is 36.4 Å². The Balaban J connectivity index is 2.05. The van der Waals surface area contributed by atoms with E-state index in [1.165, 1.54) is 31.4 Å². The van der Waals surface area contributed by atoms with E-state index in [0.29, 0.717) is 11.4 Å². The first-order valence-corrected chi connectivity index (χ1v) is 7.14. The molecule has 8 heteroatoms. The molecule has 0 aliphatic carbocycles. The van der Waals surface area contributed by atoms with Crippen LogP contribution in [0.5, 0.6) is 11.5 Å². The van der Waals surface area contributed by atoms with Crippen molar-refractivity contribution in [2.75, 3.05) is 19.0 Å². The lowest BCUT2D eigenvalue weighted by Crippen LogP contribution is -2.21. The average molecular weight is 353 g/mol. The van der Waals surface area contributed by atoms with Gasteiger partial charge in [-0.3, -0.25) is 9.59 Å². The molecule has 3 N–H and O–H groups in total. The molecule has 2 aromatic carbocycles. The maximum atomic E-state index is 13.1. The summed E-state index contributed by atoms with van der Waals surface area (Å²) in [7, 11) is 1.45. The van der Waals surface area contributed by atoms with Gasteiger partial charge in [-0.1, -0.05) is 11.6 Å². The zero-order valence-corrected chi connectivity index (χ0v) is 13.4. The molecule has 0 spiro atoms. The SMILES string of the molecule is COc1ccc(C(N)=O)c(OCC(=O)Nc2ccc(F)c(Cl)c2)c1. The summed E-state index contributed by atoms with van der Waals surface area (Å²) < 4.78 is 23.4. The summed E-state index contributed by atoms with van der Waals surface area (Å²) in [6.45, 7) is -0.386. The van der Waals surface area contributed by atoms with Gasteiger partial charge in [-0.2, -0.15) is 0 Å². The van der Waals surface area contributed by atoms with E-state index >= 15 is 0 Å². The molecule has 0 aliphatic rings. The van der Waals surface area contributed by atoms with Crippen molar-refractivity contribution < 1.29 is 23.5 Å². The minimum absolute atomic E-state index is 0.113. The number of amides is 2. The lowest BCUT2D eigenvalue weighted by atomic mass is 10.2. The normalized spacial score (nSPS) is 10.1. The number of nitrogens with two attached hydrogens (primary N) is 1. The Morgan fingerprint density at radius 2 is 2.00 bits per heavy atom. The maximum absolute atomic E-state index is 13.1. The zero-order valence-electron chi connectivity index (χ0n) is 12.6. The van der Waals surface area contributed by atoms with Crippen LogP contribution in [-0.4, -0.2) is 25.5 Å². The van der Waals surface area contributed by atoms with Gasteiger partial charge < -0.3 is 20.5 Å². The smallest absolute Gasteiger partial charge is 0.262 e. The highest BCUT2D eigenvalue weighted by Crippen LogP contribution is 2.25. The van der Waals surface area contributed by atoms with Crippen LogP contribution in [0.2, 0.25) is 5.02 Å². The van der Waals surface area contributed by atoms with Crippen LogP contribution >= 0.6 is 11.6 Å². The molecular formula is C16H14ClFN2O4. The molecule has 0 aliphatic heterocycles. The number of nitrogens with one attached hydrogen (secondary N) is 1. The fourth-order valence-corrected chi connectivity index (χ4v) is 2.05. The van der Waals surface area contributed by atoms with Gasteiger partial charge in [-0.05, 0) is 30.3 Å². The minimum Gasteiger partial charge on any atom is -0.497 e. The van der Waals surface area contributed by atoms with E-state index in [1.54, 1.807) is 6.07 Å². The number of ether oxygens (including phenoxy) is 2. The van der Waals surface area contributed by atoms with Gasteiger partial charge in [0.2, 0.25) is 0 Å². The van der Waals surface area contributed by atoms with E-state index in [4.69, 9.17) is 26.8 Å². The third-order valence-electron chi connectivity index (χ3n) is 3.02. The van der Waals surface area contributed by atoms with Crippen molar-refractivity contribution in [1.82, 2.24) is 0 Å². The largest absolute Gasteiger partial charge is 0.497 e. The van der Waals surface area contributed by atoms with Gasteiger partial charge in [0, 0.05) is 11.8 Å². The number of halogens is 2. The van der Waals surface area contributed by atoms with E-state index in [2.05, 4.69) is 5.32 Å². The summed E-state index contributed by atoms with van der Waals surface area (Å²) in [6.07, 6.45) is 0. The number of primary amides is 1. The van der Waals surface area contributed by atoms with Crippen LogP contribution in [0.3, 0.4) is 0 Å². The molecule has 0 bridgehead atoms. The van der Waals surface area contributed by atoms with Crippen molar-refractivity contribution in [3.8, 4) is 11.5 Å². The van der Waals surface area contributed by atoms with Crippen molar-refractivity contribution in [3.63, 3.8) is 0 Å². The third-order valence-corrected chi connectivity index (χ3v) is 3.31. The Kier molecular flexibility index (Phi) is 5.59. The van der Waals surface area contributed by atoms with Crippen molar-refractivity contribution >= 4 is 29.1 Å². The molecule has 6 nitrogen and oxygen atoms in total. The Hall–Kier alpha value is -2.80. The second kappa shape index (κ2) is 7.65. The van der Waals surface area contributed by atoms with Gasteiger partial charge in [-0.25, -0.2) is 4.39 Å². The van der Waals surface area contributed by atoms with Crippen molar-refractivity contribution in [1.29, 1.82) is 0 Å². The Morgan fingerprint density at radius 1 is 1.25 bits per heavy atom. The zero-order chi connectivity index (χ0) is 17.7. The van der Waals surface area contributed by atoms with Crippen LogP contribution in [0.25, 0.3) is 0 Å². The molecule has 0 heterocycles. The fraction of sp³-hybridized carbons (Fsp3) is 0.125. The Bertz CT molecular complexity index is 783. The molecule has 0 atom stereocenters. The summed E-state index contributed by atoms with van der Waals surface area (Å²) in [5.74, 6) is -1.24. The van der Waals surface area contributed by atoms with Crippen molar-refractivity contribution in [3.05, 3.63) is 52.8 Å². The van der Waals surface area contributed by atoms with Crippen molar-refractivity contribution in [2.45, 2.75) is 0 Å². The van der Waals surface area contributed by atoms with E-state index in [1.807, 2.05) is 0 Å². The van der Waals surface area contributed by atoms with Crippen LogP contribution in [-0.2, 0) is 4.79 Å². The van der Waals surface area contributed by atoms with E-state index < -0.39 is 17.6 Å². The number of anilines is 1. The second-order valence-corrected chi connectivity index (χ2v) is 5.10. The molecule has 2 rings (SSSR count). The van der Waals surface area contributed by atoms with Gasteiger partial charge >= 0.3 is 0 Å².